The Morgan fingerprint density at radius 3 is 2.79 bits per heavy atom. The Hall–Kier alpha value is -1.94. The Morgan fingerprint density at radius 1 is 1.26 bits per heavy atom. The van der Waals surface area contributed by atoms with Crippen molar-refractivity contribution in [2.45, 2.75) is 12.3 Å². The minimum atomic E-state index is -0.327. The molecule has 2 heterocycles. The van der Waals surface area contributed by atoms with Crippen molar-refractivity contribution in [3.05, 3.63) is 54.4 Å². The first-order valence-electron chi connectivity index (χ1n) is 5.90. The zero-order valence-electron chi connectivity index (χ0n) is 10.2. The van der Waals surface area contributed by atoms with Crippen molar-refractivity contribution in [3.63, 3.8) is 0 Å². The molecule has 0 aliphatic carbocycles. The summed E-state index contributed by atoms with van der Waals surface area (Å²) in [7, 11) is 0. The van der Waals surface area contributed by atoms with E-state index in [0.29, 0.717) is 17.0 Å². The molecular weight excluding hydrogens is 265 g/mol. The molecule has 19 heavy (non-hydrogen) atoms. The van der Waals surface area contributed by atoms with Crippen LogP contribution in [-0.2, 0) is 0 Å². The molecule has 5 heteroatoms. The van der Waals surface area contributed by atoms with Crippen molar-refractivity contribution in [2.24, 2.45) is 0 Å². The number of para-hydroxylation sites is 1. The van der Waals surface area contributed by atoms with Gasteiger partial charge >= 0.3 is 0 Å². The van der Waals surface area contributed by atoms with Gasteiger partial charge in [-0.2, -0.15) is 0 Å². The zero-order valence-corrected chi connectivity index (χ0v) is 11.0. The molecule has 1 aromatic carbocycles. The van der Waals surface area contributed by atoms with Gasteiger partial charge in [0.2, 0.25) is 0 Å². The van der Waals surface area contributed by atoms with Crippen LogP contribution in [0.1, 0.15) is 18.1 Å². The summed E-state index contributed by atoms with van der Waals surface area (Å²) < 4.78 is 15.8. The van der Waals surface area contributed by atoms with Crippen LogP contribution in [0.25, 0.3) is 16.7 Å². The average molecular weight is 276 g/mol. The highest BCUT2D eigenvalue weighted by molar-refractivity contribution is 6.20. The topological polar surface area (TPSA) is 30.7 Å². The summed E-state index contributed by atoms with van der Waals surface area (Å²) in [5.74, 6) is 0.298. The van der Waals surface area contributed by atoms with Gasteiger partial charge in [0.1, 0.15) is 17.2 Å². The summed E-state index contributed by atoms with van der Waals surface area (Å²) in [6, 6.07) is 8.37. The highest BCUT2D eigenvalue weighted by atomic mass is 35.5. The van der Waals surface area contributed by atoms with E-state index in [1.165, 1.54) is 6.07 Å². The number of halogens is 2. The van der Waals surface area contributed by atoms with E-state index < -0.39 is 0 Å². The number of nitrogens with zero attached hydrogens (tertiary/aromatic N) is 3. The van der Waals surface area contributed by atoms with E-state index in [0.717, 1.165) is 5.52 Å². The summed E-state index contributed by atoms with van der Waals surface area (Å²) in [5.41, 5.74) is 1.94. The maximum Gasteiger partial charge on any atom is 0.147 e. The number of fused-ring (bicyclic) bond motifs is 1. The Kier molecular flexibility index (Phi) is 2.95. The number of aromatic nitrogens is 3. The fourth-order valence-corrected chi connectivity index (χ4v) is 2.25. The molecule has 0 radical (unpaired) electrons. The summed E-state index contributed by atoms with van der Waals surface area (Å²) in [5, 5.41) is -0.327. The van der Waals surface area contributed by atoms with Crippen LogP contribution in [0.2, 0.25) is 0 Å². The summed E-state index contributed by atoms with van der Waals surface area (Å²) >= 11 is 6.16. The van der Waals surface area contributed by atoms with Gasteiger partial charge in [-0.1, -0.05) is 12.1 Å². The summed E-state index contributed by atoms with van der Waals surface area (Å²) in [4.78, 5) is 8.46. The highest BCUT2D eigenvalue weighted by Gasteiger charge is 2.18. The first-order valence-corrected chi connectivity index (χ1v) is 6.33. The second-order valence-corrected chi connectivity index (χ2v) is 4.89. The Labute approximate surface area is 114 Å². The predicted octanol–water partition coefficient (Wildman–Crippen LogP) is 3.86. The monoisotopic (exact) mass is 275 g/mol. The average Bonchev–Trinajstić information content (AvgIpc) is 2.79. The van der Waals surface area contributed by atoms with Crippen molar-refractivity contribution in [1.29, 1.82) is 0 Å². The number of benzene rings is 1. The lowest BCUT2D eigenvalue weighted by Crippen LogP contribution is -2.03. The third-order valence-electron chi connectivity index (χ3n) is 2.93. The molecule has 0 aliphatic rings. The maximum absolute atomic E-state index is 14.0. The van der Waals surface area contributed by atoms with E-state index in [1.54, 1.807) is 41.2 Å². The minimum absolute atomic E-state index is 0.308. The van der Waals surface area contributed by atoms with Crippen LogP contribution in [0.5, 0.6) is 0 Å². The van der Waals surface area contributed by atoms with Gasteiger partial charge in [0.15, 0.2) is 0 Å². The van der Waals surface area contributed by atoms with Gasteiger partial charge in [0.25, 0.3) is 0 Å². The predicted molar refractivity (Wildman–Crippen MR) is 73.1 cm³/mol. The lowest BCUT2D eigenvalue weighted by molar-refractivity contribution is 0.616. The van der Waals surface area contributed by atoms with E-state index in [-0.39, 0.29) is 11.2 Å². The van der Waals surface area contributed by atoms with Gasteiger partial charge in [-0.25, -0.2) is 9.37 Å². The van der Waals surface area contributed by atoms with Crippen molar-refractivity contribution in [2.75, 3.05) is 0 Å². The Morgan fingerprint density at radius 2 is 2.05 bits per heavy atom. The first-order chi connectivity index (χ1) is 9.18. The van der Waals surface area contributed by atoms with Gasteiger partial charge < -0.3 is 0 Å². The van der Waals surface area contributed by atoms with Crippen LogP contribution >= 0.6 is 11.6 Å². The third kappa shape index (κ3) is 1.98. The summed E-state index contributed by atoms with van der Waals surface area (Å²) in [6.07, 6.45) is 3.31. The van der Waals surface area contributed by atoms with Crippen LogP contribution < -0.4 is 0 Å². The number of rotatable bonds is 2. The zero-order chi connectivity index (χ0) is 13.4. The van der Waals surface area contributed by atoms with E-state index in [2.05, 4.69) is 9.97 Å². The number of hydrogen-bond acceptors (Lipinski definition) is 2. The van der Waals surface area contributed by atoms with Gasteiger partial charge in [0.05, 0.1) is 22.8 Å². The molecule has 1 unspecified atom stereocenters. The highest BCUT2D eigenvalue weighted by Crippen LogP contribution is 2.28. The summed E-state index contributed by atoms with van der Waals surface area (Å²) in [6.45, 7) is 1.81. The number of pyridine rings is 1. The molecule has 0 aliphatic heterocycles. The van der Waals surface area contributed by atoms with Gasteiger partial charge in [-0.05, 0) is 25.1 Å². The smallest absolute Gasteiger partial charge is 0.147 e. The van der Waals surface area contributed by atoms with E-state index in [4.69, 9.17) is 11.6 Å². The first kappa shape index (κ1) is 12.1. The van der Waals surface area contributed by atoms with Crippen molar-refractivity contribution in [3.8, 4) is 5.69 Å². The molecule has 2 aromatic heterocycles. The molecule has 0 spiro atoms. The number of hydrogen-bond donors (Lipinski definition) is 0. The van der Waals surface area contributed by atoms with E-state index >= 15 is 0 Å². The quantitative estimate of drug-likeness (QED) is 0.665. The van der Waals surface area contributed by atoms with Crippen molar-refractivity contribution in [1.82, 2.24) is 14.5 Å². The van der Waals surface area contributed by atoms with Crippen LogP contribution in [-0.4, -0.2) is 14.5 Å². The Balaban J connectivity index is 2.38. The van der Waals surface area contributed by atoms with Crippen molar-refractivity contribution >= 4 is 22.6 Å². The molecule has 3 aromatic rings. The largest absolute Gasteiger partial charge is 0.292 e. The second-order valence-electron chi connectivity index (χ2n) is 4.24. The molecule has 0 fully saturated rings. The maximum atomic E-state index is 14.0. The molecule has 1 atom stereocenters. The Bertz CT molecular complexity index is 736. The van der Waals surface area contributed by atoms with Gasteiger partial charge in [0, 0.05) is 6.20 Å². The van der Waals surface area contributed by atoms with Crippen LogP contribution in [0.15, 0.2) is 42.7 Å². The van der Waals surface area contributed by atoms with Crippen LogP contribution in [0.4, 0.5) is 4.39 Å². The van der Waals surface area contributed by atoms with Gasteiger partial charge in [-0.15, -0.1) is 11.6 Å². The normalized spacial score (nSPS) is 12.8. The minimum Gasteiger partial charge on any atom is -0.292 e. The van der Waals surface area contributed by atoms with Crippen LogP contribution in [0, 0.1) is 5.82 Å². The van der Waals surface area contributed by atoms with Crippen molar-refractivity contribution < 1.29 is 4.39 Å². The fraction of sp³-hybridized carbons (Fsp3) is 0.143. The fourth-order valence-electron chi connectivity index (χ4n) is 2.10. The molecule has 0 saturated carbocycles. The molecular formula is C14H11ClFN3. The van der Waals surface area contributed by atoms with Gasteiger partial charge in [-0.3, -0.25) is 9.55 Å². The second kappa shape index (κ2) is 4.63. The molecule has 0 N–H and O–H groups in total. The molecule has 3 nitrogen and oxygen atoms in total. The molecule has 3 rings (SSSR count). The lowest BCUT2D eigenvalue weighted by Gasteiger charge is -2.11. The third-order valence-corrected chi connectivity index (χ3v) is 3.13. The molecule has 0 amide bonds. The van der Waals surface area contributed by atoms with Crippen LogP contribution in [0.3, 0.4) is 0 Å². The van der Waals surface area contributed by atoms with E-state index in [9.17, 15) is 4.39 Å². The molecule has 0 saturated heterocycles. The number of imidazole rings is 1. The number of alkyl halides is 1. The SMILES string of the molecule is CC(Cl)c1nc2cnccc2n1-c1ccccc1F. The lowest BCUT2D eigenvalue weighted by atomic mass is 10.3. The standard InChI is InChI=1S/C14H11ClFN3/c1-9(15)14-18-11-8-17-7-6-13(11)19(14)12-5-3-2-4-10(12)16/h2-9H,1H3. The molecule has 0 bridgehead atoms. The molecule has 96 valence electrons. The van der Waals surface area contributed by atoms with E-state index in [1.807, 2.05) is 6.92 Å².